The van der Waals surface area contributed by atoms with E-state index in [2.05, 4.69) is 15.2 Å². The van der Waals surface area contributed by atoms with Crippen molar-refractivity contribution in [1.29, 1.82) is 0 Å². The molecule has 2 aromatic heterocycles. The van der Waals surface area contributed by atoms with Crippen LogP contribution in [0.3, 0.4) is 0 Å². The Morgan fingerprint density at radius 1 is 1.07 bits per heavy atom. The molecule has 0 saturated heterocycles. The Bertz CT molecular complexity index is 1090. The summed E-state index contributed by atoms with van der Waals surface area (Å²) < 4.78 is 9.54. The largest absolute Gasteiger partial charge is 0.496 e. The second-order valence-corrected chi connectivity index (χ2v) is 7.44. The standard InChI is InChI=1S/C20H18ClN5OS/c1-25-12-11-22-18(25)13-28-20-24-23-19(16-5-3-4-6-17(16)27-2)26(20)15-9-7-14(21)8-10-15/h3-12H,13H2,1-2H3. The molecule has 8 heteroatoms. The van der Waals surface area contributed by atoms with Gasteiger partial charge in [0, 0.05) is 30.2 Å². The quantitative estimate of drug-likeness (QED) is 0.433. The van der Waals surface area contributed by atoms with Crippen LogP contribution in [0.15, 0.2) is 66.1 Å². The van der Waals surface area contributed by atoms with Crippen molar-refractivity contribution in [3.8, 4) is 22.8 Å². The van der Waals surface area contributed by atoms with Gasteiger partial charge in [0.15, 0.2) is 11.0 Å². The number of hydrogen-bond acceptors (Lipinski definition) is 5. The number of thioether (sulfide) groups is 1. The molecular formula is C20H18ClN5OS. The van der Waals surface area contributed by atoms with E-state index in [4.69, 9.17) is 16.3 Å². The second kappa shape index (κ2) is 8.08. The van der Waals surface area contributed by atoms with Crippen molar-refractivity contribution in [1.82, 2.24) is 24.3 Å². The lowest BCUT2D eigenvalue weighted by Gasteiger charge is -2.12. The molecule has 142 valence electrons. The fraction of sp³-hybridized carbons (Fsp3) is 0.150. The molecule has 0 amide bonds. The summed E-state index contributed by atoms with van der Waals surface area (Å²) in [4.78, 5) is 4.38. The number of para-hydroxylation sites is 1. The van der Waals surface area contributed by atoms with Crippen molar-refractivity contribution in [2.75, 3.05) is 7.11 Å². The maximum absolute atomic E-state index is 6.09. The van der Waals surface area contributed by atoms with Crippen molar-refractivity contribution in [3.05, 3.63) is 71.8 Å². The highest BCUT2D eigenvalue weighted by molar-refractivity contribution is 7.98. The van der Waals surface area contributed by atoms with Crippen molar-refractivity contribution >= 4 is 23.4 Å². The van der Waals surface area contributed by atoms with Crippen LogP contribution in [0.5, 0.6) is 5.75 Å². The first-order chi connectivity index (χ1) is 13.7. The Labute approximate surface area is 172 Å². The van der Waals surface area contributed by atoms with Crippen molar-refractivity contribution < 1.29 is 4.74 Å². The number of hydrogen-bond donors (Lipinski definition) is 0. The van der Waals surface area contributed by atoms with Gasteiger partial charge in [-0.2, -0.15) is 0 Å². The molecule has 4 aromatic rings. The van der Waals surface area contributed by atoms with Crippen LogP contribution >= 0.6 is 23.4 Å². The van der Waals surface area contributed by atoms with E-state index in [-0.39, 0.29) is 0 Å². The van der Waals surface area contributed by atoms with Gasteiger partial charge in [0.2, 0.25) is 0 Å². The number of methoxy groups -OCH3 is 1. The highest BCUT2D eigenvalue weighted by Gasteiger charge is 2.19. The smallest absolute Gasteiger partial charge is 0.196 e. The van der Waals surface area contributed by atoms with Crippen LogP contribution in [-0.4, -0.2) is 31.4 Å². The molecule has 0 N–H and O–H groups in total. The molecular weight excluding hydrogens is 394 g/mol. The summed E-state index contributed by atoms with van der Waals surface area (Å²) in [7, 11) is 3.63. The highest BCUT2D eigenvalue weighted by atomic mass is 35.5. The maximum Gasteiger partial charge on any atom is 0.196 e. The van der Waals surface area contributed by atoms with E-state index < -0.39 is 0 Å². The van der Waals surface area contributed by atoms with Gasteiger partial charge < -0.3 is 9.30 Å². The van der Waals surface area contributed by atoms with Gasteiger partial charge in [-0.1, -0.05) is 35.5 Å². The molecule has 28 heavy (non-hydrogen) atoms. The molecule has 6 nitrogen and oxygen atoms in total. The van der Waals surface area contributed by atoms with E-state index in [1.54, 1.807) is 25.1 Å². The lowest BCUT2D eigenvalue weighted by Crippen LogP contribution is -2.01. The van der Waals surface area contributed by atoms with Crippen LogP contribution in [0, 0.1) is 0 Å². The highest BCUT2D eigenvalue weighted by Crippen LogP contribution is 2.34. The minimum absolute atomic E-state index is 0.679. The number of nitrogens with zero attached hydrogens (tertiary/aromatic N) is 5. The molecule has 0 unspecified atom stereocenters. The Kier molecular flexibility index (Phi) is 5.36. The third-order valence-electron chi connectivity index (χ3n) is 4.32. The zero-order valence-corrected chi connectivity index (χ0v) is 17.0. The Morgan fingerprint density at radius 2 is 1.86 bits per heavy atom. The molecule has 0 spiro atoms. The second-order valence-electron chi connectivity index (χ2n) is 6.06. The first-order valence-electron chi connectivity index (χ1n) is 8.61. The van der Waals surface area contributed by atoms with Gasteiger partial charge in [-0.3, -0.25) is 4.57 Å². The summed E-state index contributed by atoms with van der Waals surface area (Å²) in [6, 6.07) is 15.4. The number of imidazole rings is 1. The van der Waals surface area contributed by atoms with Crippen molar-refractivity contribution in [2.45, 2.75) is 10.9 Å². The van der Waals surface area contributed by atoms with E-state index >= 15 is 0 Å². The fourth-order valence-corrected chi connectivity index (χ4v) is 3.94. The lowest BCUT2D eigenvalue weighted by atomic mass is 10.2. The van der Waals surface area contributed by atoms with Gasteiger partial charge in [-0.15, -0.1) is 10.2 Å². The van der Waals surface area contributed by atoms with Crippen LogP contribution < -0.4 is 4.74 Å². The number of ether oxygens (including phenoxy) is 1. The molecule has 0 aliphatic heterocycles. The number of aryl methyl sites for hydroxylation is 1. The molecule has 0 atom stereocenters. The fourth-order valence-electron chi connectivity index (χ4n) is 2.85. The van der Waals surface area contributed by atoms with Crippen LogP contribution in [0.2, 0.25) is 5.02 Å². The average Bonchev–Trinajstić information content (AvgIpc) is 3.33. The Balaban J connectivity index is 1.79. The van der Waals surface area contributed by atoms with Crippen LogP contribution in [0.1, 0.15) is 5.82 Å². The maximum atomic E-state index is 6.09. The minimum Gasteiger partial charge on any atom is -0.496 e. The third kappa shape index (κ3) is 3.63. The van der Waals surface area contributed by atoms with Gasteiger partial charge in [-0.05, 0) is 36.4 Å². The predicted octanol–water partition coefficient (Wildman–Crippen LogP) is 4.62. The van der Waals surface area contributed by atoms with Gasteiger partial charge in [0.1, 0.15) is 11.6 Å². The molecule has 2 aromatic carbocycles. The third-order valence-corrected chi connectivity index (χ3v) is 5.49. The van der Waals surface area contributed by atoms with Crippen LogP contribution in [-0.2, 0) is 12.8 Å². The normalized spacial score (nSPS) is 11.0. The van der Waals surface area contributed by atoms with Gasteiger partial charge in [0.25, 0.3) is 0 Å². The molecule has 0 saturated carbocycles. The predicted molar refractivity (Wildman–Crippen MR) is 111 cm³/mol. The SMILES string of the molecule is COc1ccccc1-c1nnc(SCc2nccn2C)n1-c1ccc(Cl)cc1. The summed E-state index contributed by atoms with van der Waals surface area (Å²) in [5, 5.41) is 10.4. The summed E-state index contributed by atoms with van der Waals surface area (Å²) in [6.07, 6.45) is 3.72. The van der Waals surface area contributed by atoms with E-state index in [0.717, 1.165) is 28.0 Å². The van der Waals surface area contributed by atoms with E-state index in [9.17, 15) is 0 Å². The average molecular weight is 412 g/mol. The summed E-state index contributed by atoms with van der Waals surface area (Å²) >= 11 is 7.67. The molecule has 2 heterocycles. The lowest BCUT2D eigenvalue weighted by molar-refractivity contribution is 0.416. The van der Waals surface area contributed by atoms with E-state index in [1.807, 2.05) is 70.9 Å². The van der Waals surface area contributed by atoms with Crippen LogP contribution in [0.25, 0.3) is 17.1 Å². The van der Waals surface area contributed by atoms with E-state index in [0.29, 0.717) is 16.6 Å². The number of benzene rings is 2. The summed E-state index contributed by atoms with van der Waals surface area (Å²) in [6.45, 7) is 0. The van der Waals surface area contributed by atoms with Gasteiger partial charge in [0.05, 0.1) is 18.4 Å². The topological polar surface area (TPSA) is 57.8 Å². The number of rotatable bonds is 6. The van der Waals surface area contributed by atoms with E-state index in [1.165, 1.54) is 0 Å². The Morgan fingerprint density at radius 3 is 2.57 bits per heavy atom. The molecule has 0 bridgehead atoms. The zero-order valence-electron chi connectivity index (χ0n) is 15.4. The molecule has 0 fully saturated rings. The van der Waals surface area contributed by atoms with Gasteiger partial charge >= 0.3 is 0 Å². The van der Waals surface area contributed by atoms with Gasteiger partial charge in [-0.25, -0.2) is 4.98 Å². The van der Waals surface area contributed by atoms with Crippen LogP contribution in [0.4, 0.5) is 0 Å². The monoisotopic (exact) mass is 411 g/mol. The van der Waals surface area contributed by atoms with Crippen molar-refractivity contribution in [3.63, 3.8) is 0 Å². The molecule has 0 aliphatic carbocycles. The first kappa shape index (κ1) is 18.6. The molecule has 0 radical (unpaired) electrons. The van der Waals surface area contributed by atoms with Crippen molar-refractivity contribution in [2.24, 2.45) is 7.05 Å². The minimum atomic E-state index is 0.679. The molecule has 0 aliphatic rings. The number of halogens is 1. The summed E-state index contributed by atoms with van der Waals surface area (Å²) in [5.41, 5.74) is 1.80. The first-order valence-corrected chi connectivity index (χ1v) is 9.97. The summed E-state index contributed by atoms with van der Waals surface area (Å²) in [5.74, 6) is 3.10. The number of aromatic nitrogens is 5. The Hall–Kier alpha value is -2.77. The zero-order chi connectivity index (χ0) is 19.5. The molecule has 4 rings (SSSR count).